The third-order valence-electron chi connectivity index (χ3n) is 2.83. The van der Waals surface area contributed by atoms with Gasteiger partial charge in [-0.05, 0) is 13.0 Å². The molecule has 4 N–H and O–H groups in total. The van der Waals surface area contributed by atoms with E-state index in [1.165, 1.54) is 7.11 Å². The zero-order valence-corrected chi connectivity index (χ0v) is 11.9. The molecule has 1 aromatic carbocycles. The number of hydrogen-bond acceptors (Lipinski definition) is 4. The topological polar surface area (TPSA) is 119 Å². The quantitative estimate of drug-likeness (QED) is 0.653. The number of benzene rings is 1. The SMILES string of the molecule is COc1ccc(C)cc1CC(=O)NC(CC(N)=O)C(=O)O. The zero-order chi connectivity index (χ0) is 16.0. The van der Waals surface area contributed by atoms with Crippen LogP contribution >= 0.6 is 0 Å². The molecule has 7 heteroatoms. The van der Waals surface area contributed by atoms with Gasteiger partial charge in [0.1, 0.15) is 11.8 Å². The first kappa shape index (κ1) is 16.5. The average molecular weight is 294 g/mol. The normalized spacial score (nSPS) is 11.5. The highest BCUT2D eigenvalue weighted by atomic mass is 16.5. The van der Waals surface area contributed by atoms with Gasteiger partial charge in [-0.15, -0.1) is 0 Å². The van der Waals surface area contributed by atoms with Gasteiger partial charge in [-0.25, -0.2) is 4.79 Å². The lowest BCUT2D eigenvalue weighted by atomic mass is 10.1. The third kappa shape index (κ3) is 5.13. The first-order valence-corrected chi connectivity index (χ1v) is 6.27. The summed E-state index contributed by atoms with van der Waals surface area (Å²) in [7, 11) is 1.49. The highest BCUT2D eigenvalue weighted by Crippen LogP contribution is 2.20. The second-order valence-corrected chi connectivity index (χ2v) is 4.62. The summed E-state index contributed by atoms with van der Waals surface area (Å²) in [5.41, 5.74) is 6.54. The molecule has 0 aliphatic rings. The van der Waals surface area contributed by atoms with Gasteiger partial charge >= 0.3 is 5.97 Å². The third-order valence-corrected chi connectivity index (χ3v) is 2.83. The summed E-state index contributed by atoms with van der Waals surface area (Å²) in [5.74, 6) is -2.08. The lowest BCUT2D eigenvalue weighted by molar-refractivity contribution is -0.143. The Labute approximate surface area is 122 Å². The van der Waals surface area contributed by atoms with E-state index in [1.807, 2.05) is 13.0 Å². The number of aliphatic carboxylic acids is 1. The number of carbonyl (C=O) groups is 3. The van der Waals surface area contributed by atoms with Gasteiger partial charge < -0.3 is 20.9 Å². The molecule has 21 heavy (non-hydrogen) atoms. The minimum absolute atomic E-state index is 0.0482. The van der Waals surface area contributed by atoms with Crippen molar-refractivity contribution in [3.8, 4) is 5.75 Å². The smallest absolute Gasteiger partial charge is 0.326 e. The molecule has 114 valence electrons. The maximum absolute atomic E-state index is 11.9. The Morgan fingerprint density at radius 2 is 2.05 bits per heavy atom. The summed E-state index contributed by atoms with van der Waals surface area (Å²) in [6.07, 6.45) is -0.501. The highest BCUT2D eigenvalue weighted by Gasteiger charge is 2.22. The molecule has 0 radical (unpaired) electrons. The van der Waals surface area contributed by atoms with Crippen molar-refractivity contribution in [1.29, 1.82) is 0 Å². The Kier molecular flexibility index (Phi) is 5.71. The van der Waals surface area contributed by atoms with Gasteiger partial charge in [0.2, 0.25) is 11.8 Å². The number of hydrogen-bond donors (Lipinski definition) is 3. The van der Waals surface area contributed by atoms with E-state index >= 15 is 0 Å². The molecular formula is C14H18N2O5. The summed E-state index contributed by atoms with van der Waals surface area (Å²) in [6.45, 7) is 1.87. The maximum atomic E-state index is 11.9. The van der Waals surface area contributed by atoms with Crippen LogP contribution in [0.3, 0.4) is 0 Å². The van der Waals surface area contributed by atoms with Crippen molar-refractivity contribution in [3.05, 3.63) is 29.3 Å². The molecule has 1 unspecified atom stereocenters. The van der Waals surface area contributed by atoms with Crippen molar-refractivity contribution in [2.45, 2.75) is 25.8 Å². The molecule has 0 saturated heterocycles. The number of aryl methyl sites for hydroxylation is 1. The van der Waals surface area contributed by atoms with Gasteiger partial charge in [0.25, 0.3) is 0 Å². The number of carboxylic acid groups (broad SMARTS) is 1. The molecule has 2 amide bonds. The fourth-order valence-corrected chi connectivity index (χ4v) is 1.87. The van der Waals surface area contributed by atoms with Crippen LogP contribution in [0, 0.1) is 6.92 Å². The van der Waals surface area contributed by atoms with E-state index < -0.39 is 30.2 Å². The highest BCUT2D eigenvalue weighted by molar-refractivity contribution is 5.89. The lowest BCUT2D eigenvalue weighted by Crippen LogP contribution is -2.43. The van der Waals surface area contributed by atoms with Crippen LogP contribution in [0.15, 0.2) is 18.2 Å². The van der Waals surface area contributed by atoms with Gasteiger partial charge in [0, 0.05) is 5.56 Å². The van der Waals surface area contributed by atoms with Crippen LogP contribution in [0.4, 0.5) is 0 Å². The number of rotatable bonds is 7. The van der Waals surface area contributed by atoms with Crippen molar-refractivity contribution >= 4 is 17.8 Å². The summed E-state index contributed by atoms with van der Waals surface area (Å²) in [5, 5.41) is 11.2. The molecule has 7 nitrogen and oxygen atoms in total. The van der Waals surface area contributed by atoms with Crippen LogP contribution in [-0.2, 0) is 20.8 Å². The average Bonchev–Trinajstić information content (AvgIpc) is 2.37. The Hall–Kier alpha value is -2.57. The van der Waals surface area contributed by atoms with Crippen LogP contribution in [0.5, 0.6) is 5.75 Å². The van der Waals surface area contributed by atoms with Crippen molar-refractivity contribution < 1.29 is 24.2 Å². The van der Waals surface area contributed by atoms with Crippen LogP contribution in [0.1, 0.15) is 17.5 Å². The Morgan fingerprint density at radius 3 is 2.57 bits per heavy atom. The molecule has 1 atom stereocenters. The molecule has 0 aliphatic carbocycles. The first-order valence-electron chi connectivity index (χ1n) is 6.27. The van der Waals surface area contributed by atoms with Gasteiger partial charge in [0.15, 0.2) is 0 Å². The molecule has 0 bridgehead atoms. The first-order chi connectivity index (χ1) is 9.83. The van der Waals surface area contributed by atoms with Crippen LogP contribution in [0.25, 0.3) is 0 Å². The summed E-state index contributed by atoms with van der Waals surface area (Å²) < 4.78 is 5.15. The second kappa shape index (κ2) is 7.28. The number of nitrogens with two attached hydrogens (primary N) is 1. The number of nitrogens with one attached hydrogen (secondary N) is 1. The maximum Gasteiger partial charge on any atom is 0.326 e. The Balaban J connectivity index is 2.78. The van der Waals surface area contributed by atoms with E-state index in [0.29, 0.717) is 11.3 Å². The number of methoxy groups -OCH3 is 1. The lowest BCUT2D eigenvalue weighted by Gasteiger charge is -2.14. The van der Waals surface area contributed by atoms with Gasteiger partial charge in [-0.3, -0.25) is 9.59 Å². The number of carboxylic acids is 1. The minimum atomic E-state index is -1.33. The molecule has 0 saturated carbocycles. The monoisotopic (exact) mass is 294 g/mol. The fraction of sp³-hybridized carbons (Fsp3) is 0.357. The van der Waals surface area contributed by atoms with E-state index in [1.54, 1.807) is 12.1 Å². The van der Waals surface area contributed by atoms with Gasteiger partial charge in [0.05, 0.1) is 20.0 Å². The van der Waals surface area contributed by atoms with Crippen molar-refractivity contribution in [2.75, 3.05) is 7.11 Å². The fourth-order valence-electron chi connectivity index (χ4n) is 1.87. The van der Waals surface area contributed by atoms with Crippen molar-refractivity contribution in [3.63, 3.8) is 0 Å². The molecule has 0 aliphatic heterocycles. The van der Waals surface area contributed by atoms with Gasteiger partial charge in [-0.2, -0.15) is 0 Å². The standard InChI is InChI=1S/C14H18N2O5/c1-8-3-4-11(21-2)9(5-8)6-13(18)16-10(14(19)20)7-12(15)17/h3-5,10H,6-7H2,1-2H3,(H2,15,17)(H,16,18)(H,19,20). The minimum Gasteiger partial charge on any atom is -0.496 e. The Bertz CT molecular complexity index is 556. The predicted molar refractivity (Wildman–Crippen MR) is 74.8 cm³/mol. The van der Waals surface area contributed by atoms with Crippen LogP contribution < -0.4 is 15.8 Å². The zero-order valence-electron chi connectivity index (χ0n) is 11.9. The van der Waals surface area contributed by atoms with E-state index in [2.05, 4.69) is 5.32 Å². The largest absolute Gasteiger partial charge is 0.496 e. The molecule has 1 aromatic rings. The molecule has 0 fully saturated rings. The van der Waals surface area contributed by atoms with Crippen molar-refractivity contribution in [2.24, 2.45) is 5.73 Å². The molecule has 0 spiro atoms. The van der Waals surface area contributed by atoms with Crippen LogP contribution in [0.2, 0.25) is 0 Å². The molecular weight excluding hydrogens is 276 g/mol. The number of amides is 2. The van der Waals surface area contributed by atoms with E-state index in [-0.39, 0.29) is 6.42 Å². The van der Waals surface area contributed by atoms with Gasteiger partial charge in [-0.1, -0.05) is 17.7 Å². The molecule has 0 aromatic heterocycles. The Morgan fingerprint density at radius 1 is 1.38 bits per heavy atom. The number of primary amides is 1. The van der Waals surface area contributed by atoms with Crippen molar-refractivity contribution in [1.82, 2.24) is 5.32 Å². The number of carbonyl (C=O) groups excluding carboxylic acids is 2. The van der Waals surface area contributed by atoms with E-state index in [9.17, 15) is 14.4 Å². The summed E-state index contributed by atoms with van der Waals surface area (Å²) in [4.78, 5) is 33.6. The number of ether oxygens (including phenoxy) is 1. The predicted octanol–water partition coefficient (Wildman–Crippen LogP) is -0.00908. The molecule has 0 heterocycles. The van der Waals surface area contributed by atoms with E-state index in [4.69, 9.17) is 15.6 Å². The summed E-state index contributed by atoms with van der Waals surface area (Å²) >= 11 is 0. The van der Waals surface area contributed by atoms with E-state index in [0.717, 1.165) is 5.56 Å². The van der Waals surface area contributed by atoms with Crippen LogP contribution in [-0.4, -0.2) is 36.0 Å². The molecule has 1 rings (SSSR count). The summed E-state index contributed by atoms with van der Waals surface area (Å²) in [6, 6.07) is 4.02. The second-order valence-electron chi connectivity index (χ2n) is 4.62.